The SMILES string of the molecule is CC(C)Cc1ccc(-c2cc(C(=O)O)ccc2Cl)nc1. The summed E-state index contributed by atoms with van der Waals surface area (Å²) in [5.41, 5.74) is 2.69. The Labute approximate surface area is 123 Å². The molecule has 1 N–H and O–H groups in total. The Kier molecular flexibility index (Phi) is 4.40. The van der Waals surface area contributed by atoms with E-state index in [1.54, 1.807) is 12.1 Å². The van der Waals surface area contributed by atoms with Crippen molar-refractivity contribution in [3.05, 3.63) is 52.7 Å². The molecule has 1 aromatic heterocycles. The number of carboxylic acids is 1. The molecule has 2 rings (SSSR count). The molecule has 104 valence electrons. The zero-order chi connectivity index (χ0) is 14.7. The molecule has 0 unspecified atom stereocenters. The van der Waals surface area contributed by atoms with Crippen LogP contribution >= 0.6 is 11.6 Å². The molecule has 0 spiro atoms. The molecular formula is C16H16ClNO2. The zero-order valence-corrected chi connectivity index (χ0v) is 12.2. The molecule has 1 heterocycles. The van der Waals surface area contributed by atoms with Gasteiger partial charge in [0.25, 0.3) is 0 Å². The third kappa shape index (κ3) is 3.36. The highest BCUT2D eigenvalue weighted by Crippen LogP contribution is 2.27. The van der Waals surface area contributed by atoms with Crippen molar-refractivity contribution in [1.82, 2.24) is 4.98 Å². The second kappa shape index (κ2) is 6.06. The maximum Gasteiger partial charge on any atom is 0.335 e. The van der Waals surface area contributed by atoms with Crippen LogP contribution in [0.3, 0.4) is 0 Å². The first-order valence-electron chi connectivity index (χ1n) is 6.45. The average molecular weight is 290 g/mol. The van der Waals surface area contributed by atoms with Gasteiger partial charge in [-0.05, 0) is 42.2 Å². The van der Waals surface area contributed by atoms with Crippen molar-refractivity contribution in [2.75, 3.05) is 0 Å². The Balaban J connectivity index is 2.36. The van der Waals surface area contributed by atoms with Crippen LogP contribution in [0, 0.1) is 5.92 Å². The monoisotopic (exact) mass is 289 g/mol. The summed E-state index contributed by atoms with van der Waals surface area (Å²) in [7, 11) is 0. The molecule has 3 nitrogen and oxygen atoms in total. The topological polar surface area (TPSA) is 50.2 Å². The van der Waals surface area contributed by atoms with E-state index in [0.29, 0.717) is 22.2 Å². The summed E-state index contributed by atoms with van der Waals surface area (Å²) in [5, 5.41) is 9.53. The number of hydrogen-bond donors (Lipinski definition) is 1. The third-order valence-electron chi connectivity index (χ3n) is 2.96. The number of carbonyl (C=O) groups is 1. The highest BCUT2D eigenvalue weighted by Gasteiger charge is 2.10. The van der Waals surface area contributed by atoms with Crippen LogP contribution in [0.15, 0.2) is 36.5 Å². The molecule has 0 amide bonds. The van der Waals surface area contributed by atoms with Gasteiger partial charge in [-0.1, -0.05) is 31.5 Å². The maximum absolute atomic E-state index is 11.0. The average Bonchev–Trinajstić information content (AvgIpc) is 2.39. The fraction of sp³-hybridized carbons (Fsp3) is 0.250. The van der Waals surface area contributed by atoms with Gasteiger partial charge in [0.15, 0.2) is 0 Å². The minimum Gasteiger partial charge on any atom is -0.478 e. The lowest BCUT2D eigenvalue weighted by atomic mass is 10.0. The summed E-state index contributed by atoms with van der Waals surface area (Å²) in [4.78, 5) is 15.4. The number of pyridine rings is 1. The summed E-state index contributed by atoms with van der Waals surface area (Å²) in [5.74, 6) is -0.402. The molecule has 20 heavy (non-hydrogen) atoms. The van der Waals surface area contributed by atoms with Gasteiger partial charge >= 0.3 is 5.97 Å². The molecule has 2 aromatic rings. The summed E-state index contributed by atoms with van der Waals surface area (Å²) in [6, 6.07) is 8.51. The Morgan fingerprint density at radius 1 is 1.30 bits per heavy atom. The summed E-state index contributed by atoms with van der Waals surface area (Å²) < 4.78 is 0. The van der Waals surface area contributed by atoms with Gasteiger partial charge in [-0.25, -0.2) is 4.79 Å². The number of hydrogen-bond acceptors (Lipinski definition) is 2. The minimum absolute atomic E-state index is 0.206. The van der Waals surface area contributed by atoms with Crippen LogP contribution in [0.25, 0.3) is 11.3 Å². The van der Waals surface area contributed by atoms with Crippen molar-refractivity contribution in [2.45, 2.75) is 20.3 Å². The molecule has 4 heteroatoms. The molecule has 1 aromatic carbocycles. The molecule has 0 bridgehead atoms. The predicted molar refractivity (Wildman–Crippen MR) is 80.2 cm³/mol. The normalized spacial score (nSPS) is 10.8. The molecule has 0 aliphatic carbocycles. The Morgan fingerprint density at radius 2 is 2.05 bits per heavy atom. The van der Waals surface area contributed by atoms with Crippen molar-refractivity contribution in [2.24, 2.45) is 5.92 Å². The van der Waals surface area contributed by atoms with Gasteiger partial charge < -0.3 is 5.11 Å². The van der Waals surface area contributed by atoms with Crippen molar-refractivity contribution >= 4 is 17.6 Å². The summed E-state index contributed by atoms with van der Waals surface area (Å²) in [6.45, 7) is 4.31. The minimum atomic E-state index is -0.973. The van der Waals surface area contributed by atoms with Gasteiger partial charge in [0.05, 0.1) is 16.3 Å². The smallest absolute Gasteiger partial charge is 0.335 e. The van der Waals surface area contributed by atoms with E-state index in [4.69, 9.17) is 16.7 Å². The second-order valence-electron chi connectivity index (χ2n) is 5.15. The number of aromatic nitrogens is 1. The van der Waals surface area contributed by atoms with E-state index in [0.717, 1.165) is 12.0 Å². The number of carboxylic acid groups (broad SMARTS) is 1. The van der Waals surface area contributed by atoms with Gasteiger partial charge in [-0.2, -0.15) is 0 Å². The molecule has 0 fully saturated rings. The fourth-order valence-corrected chi connectivity index (χ4v) is 2.24. The van der Waals surface area contributed by atoms with Gasteiger partial charge in [-0.15, -0.1) is 0 Å². The summed E-state index contributed by atoms with van der Waals surface area (Å²) >= 11 is 6.13. The Morgan fingerprint density at radius 3 is 2.60 bits per heavy atom. The van der Waals surface area contributed by atoms with Gasteiger partial charge in [0, 0.05) is 11.8 Å². The first kappa shape index (κ1) is 14.5. The molecule has 0 saturated heterocycles. The predicted octanol–water partition coefficient (Wildman–Crippen LogP) is 4.30. The maximum atomic E-state index is 11.0. The van der Waals surface area contributed by atoms with Gasteiger partial charge in [0.2, 0.25) is 0 Å². The van der Waals surface area contributed by atoms with Crippen LogP contribution in [0.2, 0.25) is 5.02 Å². The summed E-state index contributed by atoms with van der Waals surface area (Å²) in [6.07, 6.45) is 2.79. The van der Waals surface area contributed by atoms with Gasteiger partial charge in [0.1, 0.15) is 0 Å². The lowest BCUT2D eigenvalue weighted by molar-refractivity contribution is 0.0697. The number of benzene rings is 1. The van der Waals surface area contributed by atoms with Crippen molar-refractivity contribution < 1.29 is 9.90 Å². The molecular weight excluding hydrogens is 274 g/mol. The first-order chi connectivity index (χ1) is 9.47. The lowest BCUT2D eigenvalue weighted by Gasteiger charge is -2.08. The Bertz CT molecular complexity index is 621. The zero-order valence-electron chi connectivity index (χ0n) is 11.4. The van der Waals surface area contributed by atoms with E-state index < -0.39 is 5.97 Å². The van der Waals surface area contributed by atoms with E-state index in [-0.39, 0.29) is 5.56 Å². The van der Waals surface area contributed by atoms with Crippen LogP contribution in [0.5, 0.6) is 0 Å². The van der Waals surface area contributed by atoms with Crippen LogP contribution in [-0.4, -0.2) is 16.1 Å². The van der Waals surface area contributed by atoms with Gasteiger partial charge in [-0.3, -0.25) is 4.98 Å². The molecule has 0 aliphatic rings. The Hall–Kier alpha value is -1.87. The highest BCUT2D eigenvalue weighted by molar-refractivity contribution is 6.33. The van der Waals surface area contributed by atoms with Crippen LogP contribution in [-0.2, 0) is 6.42 Å². The van der Waals surface area contributed by atoms with E-state index >= 15 is 0 Å². The van der Waals surface area contributed by atoms with E-state index in [9.17, 15) is 4.79 Å². The van der Waals surface area contributed by atoms with Crippen molar-refractivity contribution in [3.63, 3.8) is 0 Å². The van der Waals surface area contributed by atoms with E-state index in [1.807, 2.05) is 18.3 Å². The molecule has 0 radical (unpaired) electrons. The first-order valence-corrected chi connectivity index (χ1v) is 6.83. The second-order valence-corrected chi connectivity index (χ2v) is 5.56. The molecule has 0 saturated carbocycles. The lowest BCUT2D eigenvalue weighted by Crippen LogP contribution is -1.98. The highest BCUT2D eigenvalue weighted by atomic mass is 35.5. The van der Waals surface area contributed by atoms with E-state index in [2.05, 4.69) is 18.8 Å². The number of halogens is 1. The number of rotatable bonds is 4. The quantitative estimate of drug-likeness (QED) is 0.913. The molecule has 0 aliphatic heterocycles. The number of nitrogens with zero attached hydrogens (tertiary/aromatic N) is 1. The fourth-order valence-electron chi connectivity index (χ4n) is 2.03. The molecule has 0 atom stereocenters. The van der Waals surface area contributed by atoms with Crippen molar-refractivity contribution in [3.8, 4) is 11.3 Å². The standard InChI is InChI=1S/C16H16ClNO2/c1-10(2)7-11-3-6-15(18-9-11)13-8-12(16(19)20)4-5-14(13)17/h3-6,8-10H,7H2,1-2H3,(H,19,20). The largest absolute Gasteiger partial charge is 0.478 e. The van der Waals surface area contributed by atoms with Crippen LogP contribution < -0.4 is 0 Å². The van der Waals surface area contributed by atoms with Crippen LogP contribution in [0.1, 0.15) is 29.8 Å². The van der Waals surface area contributed by atoms with E-state index in [1.165, 1.54) is 6.07 Å². The van der Waals surface area contributed by atoms with Crippen LogP contribution in [0.4, 0.5) is 0 Å². The third-order valence-corrected chi connectivity index (χ3v) is 3.29. The van der Waals surface area contributed by atoms with Crippen molar-refractivity contribution in [1.29, 1.82) is 0 Å². The number of aromatic carboxylic acids is 1.